The summed E-state index contributed by atoms with van der Waals surface area (Å²) in [5, 5.41) is 0. The van der Waals surface area contributed by atoms with E-state index in [9.17, 15) is 13.2 Å². The molecule has 1 atom stereocenters. The molecule has 0 unspecified atom stereocenters. The number of halogens is 3. The molecule has 0 heterocycles. The smallest absolute Gasteiger partial charge is 0.320 e. The van der Waals surface area contributed by atoms with Gasteiger partial charge in [-0.3, -0.25) is 0 Å². The van der Waals surface area contributed by atoms with Gasteiger partial charge in [0.25, 0.3) is 0 Å². The van der Waals surface area contributed by atoms with Crippen molar-refractivity contribution in [1.29, 1.82) is 0 Å². The molecule has 0 aliphatic rings. The van der Waals surface area contributed by atoms with Crippen LogP contribution in [-0.4, -0.2) is 12.2 Å². The maximum atomic E-state index is 12.0. The molecule has 0 aliphatic heterocycles. The van der Waals surface area contributed by atoms with Gasteiger partial charge in [-0.25, -0.2) is 0 Å². The molecule has 0 amide bonds. The summed E-state index contributed by atoms with van der Waals surface area (Å²) in [6.07, 6.45) is 3.09. The van der Waals surface area contributed by atoms with Crippen LogP contribution in [0.4, 0.5) is 13.2 Å². The van der Waals surface area contributed by atoms with Crippen molar-refractivity contribution < 1.29 is 13.2 Å². The number of unbranched alkanes of at least 4 members (excludes halogenated alkanes) is 6. The van der Waals surface area contributed by atoms with E-state index >= 15 is 0 Å². The summed E-state index contributed by atoms with van der Waals surface area (Å²) >= 11 is 0. The molecule has 0 saturated heterocycles. The Bertz CT molecular complexity index is 145. The number of hydrogen-bond acceptors (Lipinski definition) is 1. The van der Waals surface area contributed by atoms with Crippen molar-refractivity contribution in [2.45, 2.75) is 70.5 Å². The maximum Gasteiger partial charge on any atom is 0.403 e. The lowest BCUT2D eigenvalue weighted by atomic mass is 10.1. The lowest BCUT2D eigenvalue weighted by Gasteiger charge is -2.14. The van der Waals surface area contributed by atoms with Crippen LogP contribution in [0.2, 0.25) is 0 Å². The highest BCUT2D eigenvalue weighted by Crippen LogP contribution is 2.22. The van der Waals surface area contributed by atoms with E-state index in [0.29, 0.717) is 6.42 Å². The molecule has 0 spiro atoms. The summed E-state index contributed by atoms with van der Waals surface area (Å²) in [6.45, 7) is 2.14. The van der Waals surface area contributed by atoms with E-state index in [1.165, 1.54) is 19.3 Å². The molecule has 0 aliphatic carbocycles. The van der Waals surface area contributed by atoms with E-state index in [0.717, 1.165) is 19.3 Å². The Kier molecular flexibility index (Phi) is 7.83. The third kappa shape index (κ3) is 8.73. The predicted molar refractivity (Wildman–Crippen MR) is 56.6 cm³/mol. The van der Waals surface area contributed by atoms with Crippen LogP contribution in [0, 0.1) is 0 Å². The molecule has 0 aromatic carbocycles. The van der Waals surface area contributed by atoms with Crippen LogP contribution in [-0.2, 0) is 0 Å². The molecule has 0 saturated carbocycles. The molecule has 0 fully saturated rings. The zero-order valence-electron chi connectivity index (χ0n) is 9.45. The van der Waals surface area contributed by atoms with Crippen LogP contribution >= 0.6 is 0 Å². The fourth-order valence-corrected chi connectivity index (χ4v) is 1.49. The zero-order chi connectivity index (χ0) is 11.7. The first kappa shape index (κ1) is 14.8. The largest absolute Gasteiger partial charge is 0.403 e. The Morgan fingerprint density at radius 3 is 1.87 bits per heavy atom. The van der Waals surface area contributed by atoms with Gasteiger partial charge in [-0.1, -0.05) is 51.9 Å². The highest BCUT2D eigenvalue weighted by atomic mass is 19.4. The SMILES string of the molecule is CCCCCCCCC[C@@H](N)C(F)(F)F. The van der Waals surface area contributed by atoms with Gasteiger partial charge in [0.15, 0.2) is 0 Å². The van der Waals surface area contributed by atoms with Crippen molar-refractivity contribution in [3.63, 3.8) is 0 Å². The van der Waals surface area contributed by atoms with E-state index in [2.05, 4.69) is 6.92 Å². The fourth-order valence-electron chi connectivity index (χ4n) is 1.49. The molecule has 4 heteroatoms. The average molecular weight is 225 g/mol. The van der Waals surface area contributed by atoms with Crippen molar-refractivity contribution >= 4 is 0 Å². The fraction of sp³-hybridized carbons (Fsp3) is 1.00. The molecular weight excluding hydrogens is 203 g/mol. The van der Waals surface area contributed by atoms with E-state index < -0.39 is 12.2 Å². The summed E-state index contributed by atoms with van der Waals surface area (Å²) < 4.78 is 36.0. The quantitative estimate of drug-likeness (QED) is 0.620. The number of hydrogen-bond donors (Lipinski definition) is 1. The third-order valence-electron chi connectivity index (χ3n) is 2.54. The number of alkyl halides is 3. The van der Waals surface area contributed by atoms with Gasteiger partial charge in [0, 0.05) is 0 Å². The Labute approximate surface area is 90.2 Å². The van der Waals surface area contributed by atoms with E-state index in [4.69, 9.17) is 5.73 Å². The van der Waals surface area contributed by atoms with Crippen LogP contribution in [0.1, 0.15) is 58.3 Å². The van der Waals surface area contributed by atoms with Crippen molar-refractivity contribution in [3.8, 4) is 0 Å². The summed E-state index contributed by atoms with van der Waals surface area (Å²) in [5.41, 5.74) is 4.99. The van der Waals surface area contributed by atoms with Gasteiger partial charge >= 0.3 is 6.18 Å². The third-order valence-corrected chi connectivity index (χ3v) is 2.54. The number of nitrogens with two attached hydrogens (primary N) is 1. The first-order valence-corrected chi connectivity index (χ1v) is 5.80. The topological polar surface area (TPSA) is 26.0 Å². The van der Waals surface area contributed by atoms with Gasteiger partial charge in [0.1, 0.15) is 6.04 Å². The molecule has 2 N–H and O–H groups in total. The summed E-state index contributed by atoms with van der Waals surface area (Å²) in [6, 6.07) is -1.63. The molecule has 1 nitrogen and oxygen atoms in total. The minimum atomic E-state index is -4.22. The van der Waals surface area contributed by atoms with E-state index in [1.807, 2.05) is 0 Å². The van der Waals surface area contributed by atoms with Crippen molar-refractivity contribution in [3.05, 3.63) is 0 Å². The van der Waals surface area contributed by atoms with Crippen LogP contribution in [0.5, 0.6) is 0 Å². The molecule has 15 heavy (non-hydrogen) atoms. The van der Waals surface area contributed by atoms with E-state index in [1.54, 1.807) is 0 Å². The van der Waals surface area contributed by atoms with Gasteiger partial charge in [-0.05, 0) is 6.42 Å². The lowest BCUT2D eigenvalue weighted by Crippen LogP contribution is -2.37. The standard InChI is InChI=1S/C11H22F3N/c1-2-3-4-5-6-7-8-9-10(15)11(12,13)14/h10H,2-9,15H2,1H3/t10-/m1/s1. The van der Waals surface area contributed by atoms with Crippen molar-refractivity contribution in [2.75, 3.05) is 0 Å². The highest BCUT2D eigenvalue weighted by molar-refractivity contribution is 4.69. The molecular formula is C11H22F3N. The Morgan fingerprint density at radius 1 is 0.933 bits per heavy atom. The second-order valence-electron chi connectivity index (χ2n) is 4.06. The Morgan fingerprint density at radius 2 is 1.40 bits per heavy atom. The first-order valence-electron chi connectivity index (χ1n) is 5.80. The second kappa shape index (κ2) is 7.97. The molecule has 92 valence electrons. The second-order valence-corrected chi connectivity index (χ2v) is 4.06. The predicted octanol–water partition coefficient (Wildman–Crippen LogP) is 4.02. The summed E-state index contributed by atoms with van der Waals surface area (Å²) in [5.74, 6) is 0. The van der Waals surface area contributed by atoms with Crippen LogP contribution in [0.25, 0.3) is 0 Å². The average Bonchev–Trinajstić information content (AvgIpc) is 2.14. The van der Waals surface area contributed by atoms with Gasteiger partial charge in [0.05, 0.1) is 0 Å². The van der Waals surface area contributed by atoms with Crippen molar-refractivity contribution in [2.24, 2.45) is 5.73 Å². The maximum absolute atomic E-state index is 12.0. The Balaban J connectivity index is 3.24. The minimum Gasteiger partial charge on any atom is -0.320 e. The molecule has 0 aromatic rings. The number of rotatable bonds is 8. The van der Waals surface area contributed by atoms with Crippen LogP contribution < -0.4 is 5.73 Å². The van der Waals surface area contributed by atoms with Gasteiger partial charge in [0.2, 0.25) is 0 Å². The van der Waals surface area contributed by atoms with Crippen molar-refractivity contribution in [1.82, 2.24) is 0 Å². The highest BCUT2D eigenvalue weighted by Gasteiger charge is 2.35. The zero-order valence-corrected chi connectivity index (χ0v) is 9.45. The van der Waals surface area contributed by atoms with Gasteiger partial charge in [-0.2, -0.15) is 13.2 Å². The molecule has 0 bridgehead atoms. The lowest BCUT2D eigenvalue weighted by molar-refractivity contribution is -0.149. The molecule has 0 radical (unpaired) electrons. The van der Waals surface area contributed by atoms with Crippen LogP contribution in [0.15, 0.2) is 0 Å². The Hall–Kier alpha value is -0.250. The first-order chi connectivity index (χ1) is 6.98. The summed E-state index contributed by atoms with van der Waals surface area (Å²) in [7, 11) is 0. The summed E-state index contributed by atoms with van der Waals surface area (Å²) in [4.78, 5) is 0. The van der Waals surface area contributed by atoms with Crippen LogP contribution in [0.3, 0.4) is 0 Å². The molecule has 0 aromatic heterocycles. The van der Waals surface area contributed by atoms with Gasteiger partial charge in [-0.15, -0.1) is 0 Å². The van der Waals surface area contributed by atoms with Gasteiger partial charge < -0.3 is 5.73 Å². The molecule has 0 rings (SSSR count). The van der Waals surface area contributed by atoms with E-state index in [-0.39, 0.29) is 6.42 Å². The normalized spacial score (nSPS) is 14.2. The monoisotopic (exact) mass is 225 g/mol. The minimum absolute atomic E-state index is 0.0667.